The third kappa shape index (κ3) is 1.45. The molecular weight excluding hydrogens is 154 g/mol. The van der Waals surface area contributed by atoms with Gasteiger partial charge in [0.1, 0.15) is 0 Å². The second-order valence-corrected chi connectivity index (χ2v) is 2.42. The van der Waals surface area contributed by atoms with E-state index in [1.54, 1.807) is 24.9 Å². The van der Waals surface area contributed by atoms with Crippen LogP contribution in [0.3, 0.4) is 0 Å². The number of imidazole rings is 1. The SMILES string of the molecule is c1ncc(CNc2cn[nH]c2)[nH]1. The number of nitrogens with one attached hydrogen (secondary N) is 3. The Balaban J connectivity index is 1.91. The van der Waals surface area contributed by atoms with Crippen molar-refractivity contribution in [3.63, 3.8) is 0 Å². The van der Waals surface area contributed by atoms with Crippen LogP contribution in [0.2, 0.25) is 0 Å². The van der Waals surface area contributed by atoms with Gasteiger partial charge < -0.3 is 10.3 Å². The van der Waals surface area contributed by atoms with Crippen LogP contribution in [0, 0.1) is 0 Å². The molecule has 2 heterocycles. The average Bonchev–Trinajstić information content (AvgIpc) is 2.74. The smallest absolute Gasteiger partial charge is 0.0922 e. The number of rotatable bonds is 3. The molecule has 0 amide bonds. The minimum atomic E-state index is 0.736. The van der Waals surface area contributed by atoms with Crippen molar-refractivity contribution in [3.05, 3.63) is 30.6 Å². The van der Waals surface area contributed by atoms with Crippen molar-refractivity contribution in [3.8, 4) is 0 Å². The van der Waals surface area contributed by atoms with E-state index in [1.165, 1.54) is 0 Å². The van der Waals surface area contributed by atoms with Crippen LogP contribution in [0.4, 0.5) is 5.69 Å². The van der Waals surface area contributed by atoms with E-state index in [2.05, 4.69) is 25.5 Å². The second-order valence-electron chi connectivity index (χ2n) is 2.42. The fourth-order valence-electron chi connectivity index (χ4n) is 0.926. The van der Waals surface area contributed by atoms with Gasteiger partial charge in [-0.05, 0) is 0 Å². The van der Waals surface area contributed by atoms with Gasteiger partial charge in [0.25, 0.3) is 0 Å². The number of nitrogens with zero attached hydrogens (tertiary/aromatic N) is 2. The number of hydrogen-bond acceptors (Lipinski definition) is 3. The highest BCUT2D eigenvalue weighted by Gasteiger charge is 1.93. The molecule has 0 aliphatic heterocycles. The van der Waals surface area contributed by atoms with Crippen LogP contribution in [0.15, 0.2) is 24.9 Å². The molecule has 2 aromatic rings. The average molecular weight is 163 g/mol. The Morgan fingerprint density at radius 2 is 2.42 bits per heavy atom. The van der Waals surface area contributed by atoms with Gasteiger partial charge in [0.15, 0.2) is 0 Å². The Labute approximate surface area is 69.2 Å². The van der Waals surface area contributed by atoms with Gasteiger partial charge in [0, 0.05) is 12.4 Å². The first-order valence-corrected chi connectivity index (χ1v) is 3.65. The maximum absolute atomic E-state index is 3.90. The molecule has 0 bridgehead atoms. The quantitative estimate of drug-likeness (QED) is 0.625. The van der Waals surface area contributed by atoms with Crippen molar-refractivity contribution < 1.29 is 0 Å². The van der Waals surface area contributed by atoms with E-state index in [9.17, 15) is 0 Å². The Morgan fingerprint density at radius 1 is 1.42 bits per heavy atom. The largest absolute Gasteiger partial charge is 0.377 e. The van der Waals surface area contributed by atoms with Crippen molar-refractivity contribution in [2.75, 3.05) is 5.32 Å². The highest BCUT2D eigenvalue weighted by molar-refractivity contribution is 5.37. The molecule has 62 valence electrons. The van der Waals surface area contributed by atoms with Gasteiger partial charge in [0.2, 0.25) is 0 Å². The van der Waals surface area contributed by atoms with Crippen LogP contribution in [0.25, 0.3) is 0 Å². The molecule has 5 heteroatoms. The number of H-pyrrole nitrogens is 2. The third-order valence-electron chi connectivity index (χ3n) is 1.54. The fraction of sp³-hybridized carbons (Fsp3) is 0.143. The summed E-state index contributed by atoms with van der Waals surface area (Å²) >= 11 is 0. The first-order valence-electron chi connectivity index (χ1n) is 3.65. The molecule has 0 aromatic carbocycles. The highest BCUT2D eigenvalue weighted by atomic mass is 15.1. The maximum atomic E-state index is 3.90. The molecule has 12 heavy (non-hydrogen) atoms. The van der Waals surface area contributed by atoms with Crippen LogP contribution in [0.5, 0.6) is 0 Å². The molecule has 0 aliphatic carbocycles. The summed E-state index contributed by atoms with van der Waals surface area (Å²) in [5.41, 5.74) is 2.03. The standard InChI is InChI=1S/C7H9N5/c1-6(10-5-8-1)2-9-7-3-11-12-4-7/h1,3-5,9H,2H2,(H,8,10)(H,11,12). The van der Waals surface area contributed by atoms with E-state index in [-0.39, 0.29) is 0 Å². The molecule has 0 spiro atoms. The summed E-state index contributed by atoms with van der Waals surface area (Å²) in [5.74, 6) is 0. The van der Waals surface area contributed by atoms with Gasteiger partial charge in [-0.1, -0.05) is 0 Å². The molecule has 0 atom stereocenters. The third-order valence-corrected chi connectivity index (χ3v) is 1.54. The Hall–Kier alpha value is -1.78. The van der Waals surface area contributed by atoms with Gasteiger partial charge in [-0.25, -0.2) is 4.98 Å². The molecule has 0 fully saturated rings. The summed E-state index contributed by atoms with van der Waals surface area (Å²) in [4.78, 5) is 6.90. The van der Waals surface area contributed by atoms with Crippen molar-refractivity contribution in [1.29, 1.82) is 0 Å². The summed E-state index contributed by atoms with van der Waals surface area (Å²) in [6, 6.07) is 0. The summed E-state index contributed by atoms with van der Waals surface area (Å²) in [7, 11) is 0. The predicted octanol–water partition coefficient (Wildman–Crippen LogP) is 0.745. The zero-order valence-electron chi connectivity index (χ0n) is 6.41. The Bertz CT molecular complexity index is 275. The lowest BCUT2D eigenvalue weighted by molar-refractivity contribution is 1.07. The molecule has 0 aliphatic rings. The minimum Gasteiger partial charge on any atom is -0.377 e. The van der Waals surface area contributed by atoms with E-state index in [1.807, 2.05) is 0 Å². The molecule has 2 aromatic heterocycles. The first kappa shape index (κ1) is 6.90. The lowest BCUT2D eigenvalue weighted by Crippen LogP contribution is -1.97. The lowest BCUT2D eigenvalue weighted by Gasteiger charge is -1.98. The molecule has 0 radical (unpaired) electrons. The normalized spacial score (nSPS) is 10.0. The molecular formula is C7H9N5. The number of aromatic amines is 2. The van der Waals surface area contributed by atoms with E-state index < -0.39 is 0 Å². The second kappa shape index (κ2) is 3.08. The van der Waals surface area contributed by atoms with Crippen molar-refractivity contribution in [2.24, 2.45) is 0 Å². The first-order chi connectivity index (χ1) is 5.95. The molecule has 0 saturated heterocycles. The van der Waals surface area contributed by atoms with Crippen LogP contribution in [-0.2, 0) is 6.54 Å². The molecule has 2 rings (SSSR count). The molecule has 5 nitrogen and oxygen atoms in total. The number of aromatic nitrogens is 4. The van der Waals surface area contributed by atoms with Gasteiger partial charge in [-0.3, -0.25) is 5.10 Å². The summed E-state index contributed by atoms with van der Waals surface area (Å²) in [6.07, 6.45) is 6.98. The van der Waals surface area contributed by atoms with E-state index in [0.717, 1.165) is 17.9 Å². The highest BCUT2D eigenvalue weighted by Crippen LogP contribution is 2.02. The minimum absolute atomic E-state index is 0.736. The molecule has 3 N–H and O–H groups in total. The fourth-order valence-corrected chi connectivity index (χ4v) is 0.926. The van der Waals surface area contributed by atoms with E-state index in [0.29, 0.717) is 0 Å². The van der Waals surface area contributed by atoms with Gasteiger partial charge in [0.05, 0.1) is 30.5 Å². The van der Waals surface area contributed by atoms with Gasteiger partial charge in [-0.15, -0.1) is 0 Å². The lowest BCUT2D eigenvalue weighted by atomic mass is 10.4. The van der Waals surface area contributed by atoms with Gasteiger partial charge >= 0.3 is 0 Å². The maximum Gasteiger partial charge on any atom is 0.0922 e. The Morgan fingerprint density at radius 3 is 3.08 bits per heavy atom. The van der Waals surface area contributed by atoms with Crippen molar-refractivity contribution in [2.45, 2.75) is 6.54 Å². The molecule has 0 saturated carbocycles. The summed E-state index contributed by atoms with van der Waals surface area (Å²) in [6.45, 7) is 0.736. The molecule has 0 unspecified atom stereocenters. The van der Waals surface area contributed by atoms with Crippen LogP contribution in [-0.4, -0.2) is 20.2 Å². The van der Waals surface area contributed by atoms with Crippen LogP contribution >= 0.6 is 0 Å². The summed E-state index contributed by atoms with van der Waals surface area (Å²) in [5, 5.41) is 9.69. The van der Waals surface area contributed by atoms with Crippen LogP contribution in [0.1, 0.15) is 5.69 Å². The monoisotopic (exact) mass is 163 g/mol. The Kier molecular flexibility index (Phi) is 1.77. The topological polar surface area (TPSA) is 69.4 Å². The summed E-state index contributed by atoms with van der Waals surface area (Å²) < 4.78 is 0. The zero-order chi connectivity index (χ0) is 8.23. The van der Waals surface area contributed by atoms with Crippen molar-refractivity contribution >= 4 is 5.69 Å². The van der Waals surface area contributed by atoms with Gasteiger partial charge in [-0.2, -0.15) is 5.10 Å². The predicted molar refractivity (Wildman–Crippen MR) is 44.5 cm³/mol. The zero-order valence-corrected chi connectivity index (χ0v) is 6.41. The van der Waals surface area contributed by atoms with E-state index in [4.69, 9.17) is 0 Å². The van der Waals surface area contributed by atoms with E-state index >= 15 is 0 Å². The van der Waals surface area contributed by atoms with Crippen molar-refractivity contribution in [1.82, 2.24) is 20.2 Å². The number of anilines is 1. The van der Waals surface area contributed by atoms with Crippen LogP contribution < -0.4 is 5.32 Å². The number of hydrogen-bond donors (Lipinski definition) is 3.